The zero-order chi connectivity index (χ0) is 14.4. The Balaban J connectivity index is 2.08. The van der Waals surface area contributed by atoms with E-state index in [4.69, 9.17) is 5.73 Å². The number of pyridine rings is 1. The first kappa shape index (κ1) is 14.1. The molecular formula is C13H18N6O. The van der Waals surface area contributed by atoms with Crippen LogP contribution in [0.15, 0.2) is 30.6 Å². The van der Waals surface area contributed by atoms with Gasteiger partial charge in [-0.25, -0.2) is 0 Å². The van der Waals surface area contributed by atoms with Gasteiger partial charge in [0.25, 0.3) is 5.91 Å². The predicted molar refractivity (Wildman–Crippen MR) is 73.7 cm³/mol. The van der Waals surface area contributed by atoms with Crippen LogP contribution in [0.2, 0.25) is 0 Å². The zero-order valence-corrected chi connectivity index (χ0v) is 11.4. The molecule has 0 atom stereocenters. The Kier molecular flexibility index (Phi) is 4.78. The highest BCUT2D eigenvalue weighted by Crippen LogP contribution is 2.06. The Morgan fingerprint density at radius 2 is 2.30 bits per heavy atom. The maximum Gasteiger partial charge on any atom is 0.276 e. The number of carbonyl (C=O) groups excluding carboxylic acids is 1. The van der Waals surface area contributed by atoms with E-state index in [1.165, 1.54) is 0 Å². The topological polar surface area (TPSA) is 89.9 Å². The Labute approximate surface area is 117 Å². The first-order valence-electron chi connectivity index (χ1n) is 6.54. The monoisotopic (exact) mass is 274 g/mol. The van der Waals surface area contributed by atoms with Gasteiger partial charge in [0.15, 0.2) is 5.69 Å². The molecule has 0 saturated heterocycles. The van der Waals surface area contributed by atoms with E-state index in [9.17, 15) is 4.79 Å². The lowest BCUT2D eigenvalue weighted by Gasteiger charge is -2.18. The van der Waals surface area contributed by atoms with Crippen LogP contribution in [0.3, 0.4) is 0 Å². The van der Waals surface area contributed by atoms with Crippen molar-refractivity contribution >= 4 is 5.91 Å². The van der Waals surface area contributed by atoms with Crippen molar-refractivity contribution in [2.45, 2.75) is 20.0 Å². The Hall–Kier alpha value is -2.28. The summed E-state index contributed by atoms with van der Waals surface area (Å²) in [5.74, 6) is -0.151. The second-order valence-corrected chi connectivity index (χ2v) is 4.30. The maximum atomic E-state index is 12.3. The van der Waals surface area contributed by atoms with Gasteiger partial charge < -0.3 is 10.6 Å². The van der Waals surface area contributed by atoms with Crippen LogP contribution >= 0.6 is 0 Å². The fourth-order valence-corrected chi connectivity index (χ4v) is 1.81. The van der Waals surface area contributed by atoms with Crippen molar-refractivity contribution in [2.75, 3.05) is 13.1 Å². The van der Waals surface area contributed by atoms with Gasteiger partial charge in [0.05, 0.1) is 25.0 Å². The fourth-order valence-electron chi connectivity index (χ4n) is 1.81. The van der Waals surface area contributed by atoms with Crippen LogP contribution in [0.5, 0.6) is 0 Å². The molecule has 1 amide bonds. The Bertz CT molecular complexity index is 553. The minimum atomic E-state index is -0.151. The molecule has 7 nitrogen and oxygen atoms in total. The highest BCUT2D eigenvalue weighted by Gasteiger charge is 2.18. The largest absolute Gasteiger partial charge is 0.332 e. The number of nitrogens with zero attached hydrogens (tertiary/aromatic N) is 5. The summed E-state index contributed by atoms with van der Waals surface area (Å²) >= 11 is 0. The Morgan fingerprint density at radius 3 is 2.95 bits per heavy atom. The molecule has 0 bridgehead atoms. The van der Waals surface area contributed by atoms with Gasteiger partial charge in [0.2, 0.25) is 0 Å². The normalized spacial score (nSPS) is 10.5. The third-order valence-corrected chi connectivity index (χ3v) is 2.86. The molecule has 2 aromatic rings. The molecule has 0 fully saturated rings. The quantitative estimate of drug-likeness (QED) is 0.818. The van der Waals surface area contributed by atoms with E-state index in [0.29, 0.717) is 31.9 Å². The molecular weight excluding hydrogens is 256 g/mol. The molecule has 2 N–H and O–H groups in total. The average molecular weight is 274 g/mol. The summed E-state index contributed by atoms with van der Waals surface area (Å²) in [6.45, 7) is 3.97. The first-order chi connectivity index (χ1) is 9.74. The summed E-state index contributed by atoms with van der Waals surface area (Å²) in [7, 11) is 0. The van der Waals surface area contributed by atoms with Crippen LogP contribution in [-0.4, -0.2) is 43.9 Å². The molecule has 0 saturated carbocycles. The minimum absolute atomic E-state index is 0.151. The van der Waals surface area contributed by atoms with Crippen LogP contribution in [-0.2, 0) is 13.1 Å². The van der Waals surface area contributed by atoms with E-state index in [-0.39, 0.29) is 5.91 Å². The van der Waals surface area contributed by atoms with Crippen molar-refractivity contribution in [3.05, 3.63) is 42.0 Å². The highest BCUT2D eigenvalue weighted by molar-refractivity contribution is 5.91. The van der Waals surface area contributed by atoms with Crippen molar-refractivity contribution in [3.8, 4) is 0 Å². The number of hydrogen-bond acceptors (Lipinski definition) is 5. The van der Waals surface area contributed by atoms with Crippen molar-refractivity contribution in [3.63, 3.8) is 0 Å². The van der Waals surface area contributed by atoms with Crippen LogP contribution < -0.4 is 5.73 Å². The third-order valence-electron chi connectivity index (χ3n) is 2.86. The van der Waals surface area contributed by atoms with E-state index >= 15 is 0 Å². The van der Waals surface area contributed by atoms with E-state index in [0.717, 1.165) is 5.69 Å². The molecule has 0 aliphatic carbocycles. The summed E-state index contributed by atoms with van der Waals surface area (Å²) in [5.41, 5.74) is 6.62. The number of rotatable bonds is 6. The standard InChI is InChI=1S/C13H18N6O/c1-2-18(9-11-5-3-4-7-15-11)13(20)12-10-19(8-6-14)17-16-12/h3-5,7,10H,2,6,8-9,14H2,1H3. The molecule has 0 aromatic carbocycles. The number of hydrogen-bond donors (Lipinski definition) is 1. The van der Waals surface area contributed by atoms with Gasteiger partial charge in [0.1, 0.15) is 0 Å². The van der Waals surface area contributed by atoms with E-state index in [1.807, 2.05) is 25.1 Å². The zero-order valence-electron chi connectivity index (χ0n) is 11.4. The first-order valence-corrected chi connectivity index (χ1v) is 6.54. The van der Waals surface area contributed by atoms with Crippen LogP contribution in [0.4, 0.5) is 0 Å². The van der Waals surface area contributed by atoms with Crippen molar-refractivity contribution in [1.29, 1.82) is 0 Å². The third kappa shape index (κ3) is 3.39. The Morgan fingerprint density at radius 1 is 1.45 bits per heavy atom. The molecule has 2 heterocycles. The van der Waals surface area contributed by atoms with Gasteiger partial charge >= 0.3 is 0 Å². The second-order valence-electron chi connectivity index (χ2n) is 4.30. The smallest absolute Gasteiger partial charge is 0.276 e. The molecule has 0 spiro atoms. The molecule has 0 aliphatic rings. The lowest BCUT2D eigenvalue weighted by atomic mass is 10.3. The molecule has 0 unspecified atom stereocenters. The van der Waals surface area contributed by atoms with Crippen LogP contribution in [0.25, 0.3) is 0 Å². The SMILES string of the molecule is CCN(Cc1ccccn1)C(=O)c1cn(CCN)nn1. The lowest BCUT2D eigenvalue weighted by Crippen LogP contribution is -2.31. The van der Waals surface area contributed by atoms with Gasteiger partial charge in [-0.1, -0.05) is 11.3 Å². The van der Waals surface area contributed by atoms with Gasteiger partial charge in [-0.15, -0.1) is 5.10 Å². The predicted octanol–water partition coefficient (Wildman–Crippen LogP) is 0.294. The summed E-state index contributed by atoms with van der Waals surface area (Å²) in [6, 6.07) is 5.64. The van der Waals surface area contributed by atoms with Crippen molar-refractivity contribution in [2.24, 2.45) is 5.73 Å². The molecule has 106 valence electrons. The number of carbonyl (C=O) groups is 1. The van der Waals surface area contributed by atoms with Crippen molar-refractivity contribution in [1.82, 2.24) is 24.9 Å². The molecule has 7 heteroatoms. The molecule has 20 heavy (non-hydrogen) atoms. The van der Waals surface area contributed by atoms with Crippen LogP contribution in [0.1, 0.15) is 23.1 Å². The lowest BCUT2D eigenvalue weighted by molar-refractivity contribution is 0.0744. The molecule has 2 aromatic heterocycles. The minimum Gasteiger partial charge on any atom is -0.332 e. The van der Waals surface area contributed by atoms with Crippen LogP contribution in [0, 0.1) is 0 Å². The van der Waals surface area contributed by atoms with Gasteiger partial charge in [-0.3, -0.25) is 14.5 Å². The maximum absolute atomic E-state index is 12.3. The van der Waals surface area contributed by atoms with E-state index in [2.05, 4.69) is 15.3 Å². The fraction of sp³-hybridized carbons (Fsp3) is 0.385. The molecule has 0 radical (unpaired) electrons. The summed E-state index contributed by atoms with van der Waals surface area (Å²) in [4.78, 5) is 18.3. The van der Waals surface area contributed by atoms with Gasteiger partial charge in [0, 0.05) is 19.3 Å². The van der Waals surface area contributed by atoms with E-state index < -0.39 is 0 Å². The van der Waals surface area contributed by atoms with Gasteiger partial charge in [-0.05, 0) is 19.1 Å². The number of amides is 1. The van der Waals surface area contributed by atoms with Gasteiger partial charge in [-0.2, -0.15) is 0 Å². The second kappa shape index (κ2) is 6.76. The summed E-state index contributed by atoms with van der Waals surface area (Å²) < 4.78 is 1.57. The van der Waals surface area contributed by atoms with Crippen molar-refractivity contribution < 1.29 is 4.79 Å². The number of nitrogens with two attached hydrogens (primary N) is 1. The van der Waals surface area contributed by atoms with E-state index in [1.54, 1.807) is 22.0 Å². The summed E-state index contributed by atoms with van der Waals surface area (Å²) in [6.07, 6.45) is 3.33. The molecule has 0 aliphatic heterocycles. The molecule has 2 rings (SSSR count). The average Bonchev–Trinajstić information content (AvgIpc) is 2.94. The highest BCUT2D eigenvalue weighted by atomic mass is 16.2. The summed E-state index contributed by atoms with van der Waals surface area (Å²) in [5, 5.41) is 7.77. The number of aromatic nitrogens is 4.